The molecule has 0 radical (unpaired) electrons. The smallest absolute Gasteiger partial charge is 0.395 e. The Morgan fingerprint density at radius 2 is 0.872 bits per heavy atom. The Morgan fingerprint density at radius 3 is 1.32 bits per heavy atom. The van der Waals surface area contributed by atoms with Gasteiger partial charge in [-0.3, -0.25) is 25.0 Å². The van der Waals surface area contributed by atoms with Crippen LogP contribution in [0.1, 0.15) is 129 Å². The molecule has 2 saturated carbocycles. The van der Waals surface area contributed by atoms with E-state index in [0.717, 1.165) is 110 Å². The van der Waals surface area contributed by atoms with E-state index in [1.807, 2.05) is 84.9 Å². The number of nitrogens with zero attached hydrogens (tertiary/aromatic N) is 5. The standard InChI is InChI=1S/C31H32ClF4N3O.C31H32ClFN4O.C29H27ClF3N3O3/c32-27-19-25(12-13-28(27)33)38-29(40)20-37-30(14-16-39(17-15-30)26-6-1-2-7-26)23-10-8-21(9-11-23)22-4-3-5-24(18-22)31(34,35)36;32-28-19-26(13-14-29(28)33)36-30(38)21-35-31(15-17-37(18-16-31)27-3-1-2-4-27)25-11-9-24(10-12-25)23-7-5-22(20-34)6-8-23;30-26-9-8-24(17-25(26)29(31,32)33)35-27(38)19-39-28(10-12-36(13-11-28)14-15-37)23-6-4-21(5-7-23)22-3-1-2-20(16-22)18-34/h3-5,8-13,18-19,26,37H,1-2,6-7,14-17,20H2,(H,38,40);5-14,19,27,35H,1-4,15-18,21H2,(H,36,38);1-9,16-17,37H,10-15,19H2,(H,35,38). The summed E-state index contributed by atoms with van der Waals surface area (Å²) in [7, 11) is 0. The summed E-state index contributed by atoms with van der Waals surface area (Å²) in [5, 5.41) is 42.2. The highest BCUT2D eigenvalue weighted by Crippen LogP contribution is 2.43. The molecular weight excluding hydrogens is 1570 g/mol. The number of carbonyl (C=O) groups is 3. The molecule has 15 nitrogen and oxygen atoms in total. The number of halogens is 11. The summed E-state index contributed by atoms with van der Waals surface area (Å²) in [6.45, 7) is 5.41. The normalized spacial score (nSPS) is 17.1. The average Bonchev–Trinajstić information content (AvgIpc) is 1.23. The van der Waals surface area contributed by atoms with Gasteiger partial charge >= 0.3 is 12.4 Å². The molecule has 9 aromatic carbocycles. The first-order valence-corrected chi connectivity index (χ1v) is 40.5. The van der Waals surface area contributed by atoms with Crippen LogP contribution in [0.15, 0.2) is 200 Å². The Kier molecular flexibility index (Phi) is 29.1. The van der Waals surface area contributed by atoms with E-state index in [-0.39, 0.29) is 59.4 Å². The molecule has 3 amide bonds. The van der Waals surface area contributed by atoms with Gasteiger partial charge in [0.1, 0.15) is 18.2 Å². The number of hydrogen-bond acceptors (Lipinski definition) is 12. The van der Waals surface area contributed by atoms with Crippen molar-refractivity contribution in [3.05, 3.63) is 266 Å². The number of rotatable bonds is 22. The number of aliphatic hydroxyl groups is 1. The Balaban J connectivity index is 0.000000162. The highest BCUT2D eigenvalue weighted by molar-refractivity contribution is 6.32. The fraction of sp³-hybridized carbons (Fsp3) is 0.352. The molecule has 0 aromatic heterocycles. The number of anilines is 3. The summed E-state index contributed by atoms with van der Waals surface area (Å²) in [6, 6.07) is 61.1. The number of benzene rings is 9. The van der Waals surface area contributed by atoms with Crippen molar-refractivity contribution < 1.29 is 59.4 Å². The molecule has 5 fully saturated rings. The van der Waals surface area contributed by atoms with Gasteiger partial charge in [-0.05, 0) is 205 Å². The van der Waals surface area contributed by atoms with Crippen LogP contribution < -0.4 is 26.6 Å². The minimum absolute atomic E-state index is 0.0196. The average molecular weight is 1660 g/mol. The molecule has 3 heterocycles. The van der Waals surface area contributed by atoms with Crippen LogP contribution >= 0.6 is 34.8 Å². The van der Waals surface area contributed by atoms with Crippen LogP contribution in [0.5, 0.6) is 0 Å². The number of alkyl halides is 6. The maximum atomic E-state index is 13.5. The van der Waals surface area contributed by atoms with Crippen molar-refractivity contribution >= 4 is 69.6 Å². The molecule has 26 heteroatoms. The predicted molar refractivity (Wildman–Crippen MR) is 441 cm³/mol. The molecule has 3 aliphatic heterocycles. The van der Waals surface area contributed by atoms with Gasteiger partial charge in [-0.2, -0.15) is 36.9 Å². The molecule has 2 aliphatic carbocycles. The van der Waals surface area contributed by atoms with E-state index in [1.165, 1.54) is 105 Å². The number of piperidine rings is 3. The number of β-amino-alcohol motifs (C(OH)–C–C–N with tert-alkyl or cyclic N) is 1. The van der Waals surface area contributed by atoms with Crippen molar-refractivity contribution in [1.82, 2.24) is 25.3 Å². The summed E-state index contributed by atoms with van der Waals surface area (Å²) in [4.78, 5) is 45.7. The van der Waals surface area contributed by atoms with E-state index in [4.69, 9.17) is 44.8 Å². The molecule has 0 spiro atoms. The maximum absolute atomic E-state index is 13.5. The number of nitrogens with one attached hydrogen (secondary N) is 5. The van der Waals surface area contributed by atoms with Gasteiger partial charge in [-0.15, -0.1) is 0 Å². The van der Waals surface area contributed by atoms with Gasteiger partial charge in [0, 0.05) is 86.0 Å². The van der Waals surface area contributed by atoms with Gasteiger partial charge in [0.25, 0.3) is 0 Å². The van der Waals surface area contributed by atoms with Crippen molar-refractivity contribution in [3.8, 4) is 45.5 Å². The SMILES string of the molecule is N#Cc1ccc(-c2ccc(C3(NCC(=O)Nc4ccc(F)c(Cl)c4)CCN(C4CCCC4)CC3)cc2)cc1.N#Cc1cccc(-c2ccc(C3(OCC(=O)Nc4ccc(Cl)c(C(F)(F)F)c4)CCN(CCO)CC3)cc2)c1.O=C(CNC1(c2ccc(-c3cccc(C(F)(F)F)c3)cc2)CCN(C2CCCC2)CC1)Nc1ccc(F)c(Cl)c1. The van der Waals surface area contributed by atoms with E-state index in [9.17, 15) is 59.9 Å². The first-order valence-electron chi connectivity index (χ1n) is 39.3. The fourth-order valence-corrected chi connectivity index (χ4v) is 17.2. The molecule has 612 valence electrons. The van der Waals surface area contributed by atoms with Crippen molar-refractivity contribution in [2.45, 2.75) is 131 Å². The largest absolute Gasteiger partial charge is 0.417 e. The molecule has 0 bridgehead atoms. The highest BCUT2D eigenvalue weighted by atomic mass is 35.5. The Hall–Kier alpha value is -9.60. The van der Waals surface area contributed by atoms with Crippen LogP contribution in [-0.4, -0.2) is 122 Å². The number of carbonyl (C=O) groups excluding carboxylic acids is 3. The maximum Gasteiger partial charge on any atom is 0.417 e. The van der Waals surface area contributed by atoms with Gasteiger partial charge < -0.3 is 40.5 Å². The highest BCUT2D eigenvalue weighted by Gasteiger charge is 2.42. The quantitative estimate of drug-likeness (QED) is 0.0352. The Labute approximate surface area is 691 Å². The lowest BCUT2D eigenvalue weighted by molar-refractivity contribution is -0.138. The number of likely N-dealkylation sites (tertiary alicyclic amines) is 3. The molecule has 0 unspecified atom stereocenters. The summed E-state index contributed by atoms with van der Waals surface area (Å²) in [5.41, 5.74) is 6.92. The van der Waals surface area contributed by atoms with E-state index in [1.54, 1.807) is 18.2 Å². The molecular formula is C91H91Cl3F8N10O5. The van der Waals surface area contributed by atoms with Gasteiger partial charge in [0.15, 0.2) is 0 Å². The van der Waals surface area contributed by atoms with Gasteiger partial charge in [0.2, 0.25) is 17.7 Å². The second-order valence-electron chi connectivity index (χ2n) is 30.5. The van der Waals surface area contributed by atoms with Crippen LogP contribution in [-0.2, 0) is 48.2 Å². The summed E-state index contributed by atoms with van der Waals surface area (Å²) in [5.74, 6) is -2.13. The lowest BCUT2D eigenvalue weighted by Gasteiger charge is -2.45. The Morgan fingerprint density at radius 1 is 0.453 bits per heavy atom. The van der Waals surface area contributed by atoms with Crippen molar-refractivity contribution in [3.63, 3.8) is 0 Å². The van der Waals surface area contributed by atoms with Crippen molar-refractivity contribution in [2.75, 3.05) is 88.1 Å². The first-order chi connectivity index (χ1) is 56.2. The number of amides is 3. The molecule has 6 N–H and O–H groups in total. The second-order valence-corrected chi connectivity index (χ2v) is 31.7. The van der Waals surface area contributed by atoms with E-state index in [2.05, 4.69) is 77.7 Å². The lowest BCUT2D eigenvalue weighted by Crippen LogP contribution is -2.54. The zero-order valence-corrected chi connectivity index (χ0v) is 66.6. The molecule has 9 aromatic rings. The van der Waals surface area contributed by atoms with Crippen LogP contribution in [0.3, 0.4) is 0 Å². The van der Waals surface area contributed by atoms with Gasteiger partial charge in [-0.25, -0.2) is 8.78 Å². The zero-order chi connectivity index (χ0) is 82.9. The van der Waals surface area contributed by atoms with Crippen molar-refractivity contribution in [2.24, 2.45) is 0 Å². The fourth-order valence-electron chi connectivity index (χ4n) is 16.6. The van der Waals surface area contributed by atoms with E-state index in [0.29, 0.717) is 78.2 Å². The number of aliphatic hydroxyl groups excluding tert-OH is 1. The zero-order valence-electron chi connectivity index (χ0n) is 64.4. The number of nitriles is 2. The van der Waals surface area contributed by atoms with Crippen LogP contribution in [0.2, 0.25) is 15.1 Å². The molecule has 3 saturated heterocycles. The third-order valence-electron chi connectivity index (χ3n) is 23.2. The minimum Gasteiger partial charge on any atom is -0.395 e. The number of ether oxygens (including phenoxy) is 1. The van der Waals surface area contributed by atoms with Gasteiger partial charge in [0.05, 0.1) is 74.8 Å². The third kappa shape index (κ3) is 22.6. The van der Waals surface area contributed by atoms with Crippen LogP contribution in [0.4, 0.5) is 52.2 Å². The number of hydrogen-bond donors (Lipinski definition) is 6. The van der Waals surface area contributed by atoms with Crippen LogP contribution in [0, 0.1) is 34.3 Å². The second kappa shape index (κ2) is 39.3. The summed E-state index contributed by atoms with van der Waals surface area (Å²) in [6.07, 6.45) is 5.61. The van der Waals surface area contributed by atoms with E-state index >= 15 is 0 Å². The minimum atomic E-state index is -4.65. The van der Waals surface area contributed by atoms with E-state index < -0.39 is 57.2 Å². The molecule has 117 heavy (non-hydrogen) atoms. The summed E-state index contributed by atoms with van der Waals surface area (Å²) < 4.78 is 113. The monoisotopic (exact) mass is 1660 g/mol. The van der Waals surface area contributed by atoms with Crippen molar-refractivity contribution in [1.29, 1.82) is 10.5 Å². The molecule has 0 atom stereocenters. The molecule has 14 rings (SSSR count). The third-order valence-corrected chi connectivity index (χ3v) is 24.1. The van der Waals surface area contributed by atoms with Crippen LogP contribution in [0.25, 0.3) is 33.4 Å². The molecule has 5 aliphatic rings. The lowest BCUT2D eigenvalue weighted by atomic mass is 9.79. The summed E-state index contributed by atoms with van der Waals surface area (Å²) >= 11 is 17.4. The Bertz CT molecular complexity index is 4970. The van der Waals surface area contributed by atoms with Gasteiger partial charge in [-0.1, -0.05) is 170 Å². The topological polar surface area (TPSA) is 198 Å². The first kappa shape index (κ1) is 86.7. The predicted octanol–water partition coefficient (Wildman–Crippen LogP) is 19.9.